The number of benzene rings is 1. The number of carbonyl (C=O) groups excluding carboxylic acids is 1. The van der Waals surface area contributed by atoms with Crippen molar-refractivity contribution in [2.24, 2.45) is 5.92 Å². The first-order valence-electron chi connectivity index (χ1n) is 8.15. The van der Waals surface area contributed by atoms with E-state index >= 15 is 0 Å². The Balaban J connectivity index is 1.98. The summed E-state index contributed by atoms with van der Waals surface area (Å²) in [6.07, 6.45) is 0. The third kappa shape index (κ3) is 5.03. The Morgan fingerprint density at radius 1 is 1.31 bits per heavy atom. The van der Waals surface area contributed by atoms with Gasteiger partial charge in [0.05, 0.1) is 24.8 Å². The molecule has 1 heterocycles. The average molecular weight is 377 g/mol. The lowest BCUT2D eigenvalue weighted by Crippen LogP contribution is -2.42. The third-order valence-corrected chi connectivity index (χ3v) is 4.90. The van der Waals surface area contributed by atoms with E-state index < -0.39 is 17.9 Å². The largest absolute Gasteiger partial charge is 0.497 e. The lowest BCUT2D eigenvalue weighted by molar-refractivity contribution is -0.142. The molecule has 0 spiro atoms. The molecule has 0 aliphatic carbocycles. The van der Waals surface area contributed by atoms with Crippen molar-refractivity contribution in [2.45, 2.75) is 19.9 Å². The second-order valence-corrected chi connectivity index (χ2v) is 6.97. The lowest BCUT2D eigenvalue weighted by Gasteiger charge is -2.24. The predicted octanol–water partition coefficient (Wildman–Crippen LogP) is 2.80. The lowest BCUT2D eigenvalue weighted by atomic mass is 10.1. The van der Waals surface area contributed by atoms with Crippen LogP contribution in [-0.4, -0.2) is 53.6 Å². The summed E-state index contributed by atoms with van der Waals surface area (Å²) < 4.78 is 5.14. The molecule has 140 valence electrons. The number of anilines is 1. The van der Waals surface area contributed by atoms with Crippen molar-refractivity contribution in [3.05, 3.63) is 29.6 Å². The molecule has 7 nitrogen and oxygen atoms in total. The van der Waals surface area contributed by atoms with Gasteiger partial charge in [-0.25, -0.2) is 4.98 Å². The Kier molecular flexibility index (Phi) is 6.70. The van der Waals surface area contributed by atoms with Crippen LogP contribution < -0.4 is 10.1 Å². The highest BCUT2D eigenvalue weighted by Crippen LogP contribution is 2.26. The molecule has 2 atom stereocenters. The van der Waals surface area contributed by atoms with Crippen LogP contribution >= 0.6 is 11.3 Å². The van der Waals surface area contributed by atoms with Gasteiger partial charge in [-0.3, -0.25) is 14.5 Å². The van der Waals surface area contributed by atoms with Crippen molar-refractivity contribution < 1.29 is 19.4 Å². The summed E-state index contributed by atoms with van der Waals surface area (Å²) in [5.41, 5.74) is 1.71. The molecule has 0 saturated heterocycles. The van der Waals surface area contributed by atoms with E-state index in [4.69, 9.17) is 9.84 Å². The number of aliphatic carboxylic acids is 1. The fourth-order valence-corrected chi connectivity index (χ4v) is 3.03. The van der Waals surface area contributed by atoms with Gasteiger partial charge in [0.25, 0.3) is 0 Å². The number of hydrogen-bond donors (Lipinski definition) is 2. The highest BCUT2D eigenvalue weighted by Gasteiger charge is 2.23. The molecule has 0 fully saturated rings. The first kappa shape index (κ1) is 19.9. The van der Waals surface area contributed by atoms with Gasteiger partial charge in [0.2, 0.25) is 5.91 Å². The van der Waals surface area contributed by atoms with Gasteiger partial charge in [0, 0.05) is 17.5 Å². The van der Waals surface area contributed by atoms with Crippen molar-refractivity contribution in [3.63, 3.8) is 0 Å². The van der Waals surface area contributed by atoms with E-state index in [1.165, 1.54) is 11.3 Å². The fourth-order valence-electron chi connectivity index (χ4n) is 2.30. The second kappa shape index (κ2) is 8.77. The molecular weight excluding hydrogens is 354 g/mol. The fraction of sp³-hybridized carbons (Fsp3) is 0.389. The maximum absolute atomic E-state index is 12.4. The number of aromatic nitrogens is 1. The Hall–Kier alpha value is -2.45. The van der Waals surface area contributed by atoms with Gasteiger partial charge in [0.15, 0.2) is 5.13 Å². The van der Waals surface area contributed by atoms with Crippen molar-refractivity contribution >= 4 is 28.3 Å². The van der Waals surface area contributed by atoms with Gasteiger partial charge >= 0.3 is 5.97 Å². The molecule has 1 aromatic heterocycles. The number of ether oxygens (including phenoxy) is 1. The second-order valence-electron chi connectivity index (χ2n) is 6.11. The summed E-state index contributed by atoms with van der Waals surface area (Å²) in [4.78, 5) is 29.5. The van der Waals surface area contributed by atoms with Crippen molar-refractivity contribution in [1.82, 2.24) is 9.88 Å². The summed E-state index contributed by atoms with van der Waals surface area (Å²) in [7, 11) is 3.34. The van der Waals surface area contributed by atoms with Gasteiger partial charge in [-0.2, -0.15) is 0 Å². The standard InChI is InChI=1S/C18H23N3O4S/c1-11(17(23)24)9-21(3)12(2)16(22)20-18-19-15(10-26-18)13-5-7-14(25-4)8-6-13/h5-8,10-12H,9H2,1-4H3,(H,23,24)(H,19,20,22). The topological polar surface area (TPSA) is 91.8 Å². The zero-order valence-electron chi connectivity index (χ0n) is 15.2. The number of rotatable bonds is 8. The number of likely N-dealkylation sites (N-methyl/N-ethyl adjacent to an activating group) is 1. The Bertz CT molecular complexity index is 760. The number of nitrogens with zero attached hydrogens (tertiary/aromatic N) is 2. The highest BCUT2D eigenvalue weighted by atomic mass is 32.1. The van der Waals surface area contributed by atoms with Gasteiger partial charge in [0.1, 0.15) is 5.75 Å². The maximum atomic E-state index is 12.4. The molecule has 26 heavy (non-hydrogen) atoms. The number of methoxy groups -OCH3 is 1. The van der Waals surface area contributed by atoms with E-state index in [9.17, 15) is 9.59 Å². The van der Waals surface area contributed by atoms with Crippen LogP contribution in [0.2, 0.25) is 0 Å². The normalized spacial score (nSPS) is 13.3. The molecule has 0 bridgehead atoms. The van der Waals surface area contributed by atoms with Gasteiger partial charge in [-0.1, -0.05) is 6.92 Å². The quantitative estimate of drug-likeness (QED) is 0.735. The minimum atomic E-state index is -0.881. The van der Waals surface area contributed by atoms with Crippen LogP contribution in [-0.2, 0) is 9.59 Å². The Morgan fingerprint density at radius 3 is 2.54 bits per heavy atom. The average Bonchev–Trinajstić information content (AvgIpc) is 3.09. The minimum Gasteiger partial charge on any atom is -0.497 e. The van der Waals surface area contributed by atoms with Crippen LogP contribution in [0.1, 0.15) is 13.8 Å². The molecule has 0 aliphatic rings. The first-order chi connectivity index (χ1) is 12.3. The number of thiazole rings is 1. The molecule has 1 aromatic carbocycles. The van der Waals surface area contributed by atoms with Crippen LogP contribution in [0.4, 0.5) is 5.13 Å². The third-order valence-electron chi connectivity index (χ3n) is 4.14. The van der Waals surface area contributed by atoms with E-state index in [0.717, 1.165) is 17.0 Å². The molecule has 0 radical (unpaired) electrons. The van der Waals surface area contributed by atoms with E-state index in [1.54, 1.807) is 32.9 Å². The van der Waals surface area contributed by atoms with Crippen LogP contribution in [0, 0.1) is 5.92 Å². The maximum Gasteiger partial charge on any atom is 0.307 e. The molecular formula is C18H23N3O4S. The minimum absolute atomic E-state index is 0.222. The van der Waals surface area contributed by atoms with E-state index in [2.05, 4.69) is 10.3 Å². The molecule has 0 aliphatic heterocycles. The number of carbonyl (C=O) groups is 2. The monoisotopic (exact) mass is 377 g/mol. The summed E-state index contributed by atoms with van der Waals surface area (Å²) in [6.45, 7) is 3.65. The van der Waals surface area contributed by atoms with Crippen LogP contribution in [0.25, 0.3) is 11.3 Å². The van der Waals surface area contributed by atoms with Crippen LogP contribution in [0.15, 0.2) is 29.6 Å². The van der Waals surface area contributed by atoms with Crippen molar-refractivity contribution in [1.29, 1.82) is 0 Å². The molecule has 2 aromatic rings. The van der Waals surface area contributed by atoms with E-state index in [-0.39, 0.29) is 5.91 Å². The summed E-state index contributed by atoms with van der Waals surface area (Å²) >= 11 is 1.34. The van der Waals surface area contributed by atoms with Gasteiger partial charge in [-0.15, -0.1) is 11.3 Å². The van der Waals surface area contributed by atoms with Crippen LogP contribution in [0.3, 0.4) is 0 Å². The number of amides is 1. The number of carboxylic acid groups (broad SMARTS) is 1. The van der Waals surface area contributed by atoms with Crippen LogP contribution in [0.5, 0.6) is 5.75 Å². The summed E-state index contributed by atoms with van der Waals surface area (Å²) in [5.74, 6) is -0.879. The summed E-state index contributed by atoms with van der Waals surface area (Å²) in [6, 6.07) is 7.05. The molecule has 2 N–H and O–H groups in total. The summed E-state index contributed by atoms with van der Waals surface area (Å²) in [5, 5.41) is 14.2. The van der Waals surface area contributed by atoms with Gasteiger partial charge < -0.3 is 15.2 Å². The highest BCUT2D eigenvalue weighted by molar-refractivity contribution is 7.14. The van der Waals surface area contributed by atoms with E-state index in [0.29, 0.717) is 11.7 Å². The van der Waals surface area contributed by atoms with E-state index in [1.807, 2.05) is 29.6 Å². The van der Waals surface area contributed by atoms with Crippen molar-refractivity contribution in [3.8, 4) is 17.0 Å². The molecule has 2 rings (SSSR count). The smallest absolute Gasteiger partial charge is 0.307 e. The number of carboxylic acids is 1. The molecule has 8 heteroatoms. The zero-order valence-corrected chi connectivity index (χ0v) is 16.0. The van der Waals surface area contributed by atoms with Crippen molar-refractivity contribution in [2.75, 3.05) is 26.0 Å². The molecule has 2 unspecified atom stereocenters. The predicted molar refractivity (Wildman–Crippen MR) is 102 cm³/mol. The number of hydrogen-bond acceptors (Lipinski definition) is 6. The molecule has 0 saturated carbocycles. The van der Waals surface area contributed by atoms with Gasteiger partial charge in [-0.05, 0) is 38.2 Å². The zero-order chi connectivity index (χ0) is 19.3. The molecule has 1 amide bonds. The number of nitrogens with one attached hydrogen (secondary N) is 1. The SMILES string of the molecule is COc1ccc(-c2csc(NC(=O)C(C)N(C)CC(C)C(=O)O)n2)cc1. The Morgan fingerprint density at radius 2 is 1.96 bits per heavy atom. The first-order valence-corrected chi connectivity index (χ1v) is 9.03. The Labute approximate surface area is 156 Å².